The van der Waals surface area contributed by atoms with E-state index in [0.717, 1.165) is 0 Å². The minimum absolute atomic E-state index is 0.590. The van der Waals surface area contributed by atoms with Crippen molar-refractivity contribution in [2.75, 3.05) is 0 Å². The molecule has 2 nitrogen and oxygen atoms in total. The summed E-state index contributed by atoms with van der Waals surface area (Å²) in [6, 6.07) is 2.36. The lowest BCUT2D eigenvalue weighted by molar-refractivity contribution is -0.254. The fourth-order valence-electron chi connectivity index (χ4n) is 0.979. The number of alkyl halides is 8. The molecule has 20 heavy (non-hydrogen) atoms. The van der Waals surface area contributed by atoms with Gasteiger partial charge in [-0.2, -0.15) is 35.1 Å². The second kappa shape index (κ2) is 5.71. The van der Waals surface area contributed by atoms with Gasteiger partial charge in [0.1, 0.15) is 11.5 Å². The van der Waals surface area contributed by atoms with Gasteiger partial charge in [-0.1, -0.05) is 0 Å². The first-order valence-corrected chi connectivity index (χ1v) is 4.84. The summed E-state index contributed by atoms with van der Waals surface area (Å²) in [5.41, 5.74) is 0. The summed E-state index contributed by atoms with van der Waals surface area (Å²) in [5, 5.41) is 0. The molecule has 1 rings (SSSR count). The summed E-state index contributed by atoms with van der Waals surface area (Å²) < 4.78 is 104. The Morgan fingerprint density at radius 2 is 0.900 bits per heavy atom. The number of halogens is 8. The SMILES string of the molecule is FC(F)C(F)(F)Oc1ccc(OC(F)(F)C(F)F)cc1. The van der Waals surface area contributed by atoms with Gasteiger partial charge in [0.05, 0.1) is 0 Å². The van der Waals surface area contributed by atoms with E-state index in [-0.39, 0.29) is 0 Å². The normalized spacial score (nSPS) is 12.9. The van der Waals surface area contributed by atoms with Crippen LogP contribution < -0.4 is 9.47 Å². The molecule has 0 saturated heterocycles. The Labute approximate surface area is 106 Å². The highest BCUT2D eigenvalue weighted by Gasteiger charge is 2.45. The molecule has 0 unspecified atom stereocenters. The van der Waals surface area contributed by atoms with Crippen LogP contribution in [0.4, 0.5) is 35.1 Å². The van der Waals surface area contributed by atoms with Crippen molar-refractivity contribution in [3.63, 3.8) is 0 Å². The summed E-state index contributed by atoms with van der Waals surface area (Å²) in [5.74, 6) is -1.55. The van der Waals surface area contributed by atoms with Gasteiger partial charge in [-0.15, -0.1) is 0 Å². The van der Waals surface area contributed by atoms with Crippen molar-refractivity contribution in [2.24, 2.45) is 0 Å². The molecule has 0 amide bonds. The molecule has 0 fully saturated rings. The first-order valence-electron chi connectivity index (χ1n) is 4.84. The minimum Gasteiger partial charge on any atom is -0.428 e. The average molecular weight is 310 g/mol. The van der Waals surface area contributed by atoms with Crippen LogP contribution in [0.25, 0.3) is 0 Å². The van der Waals surface area contributed by atoms with Crippen molar-refractivity contribution in [1.82, 2.24) is 0 Å². The Morgan fingerprint density at radius 1 is 0.650 bits per heavy atom. The van der Waals surface area contributed by atoms with Gasteiger partial charge in [0.15, 0.2) is 0 Å². The first-order chi connectivity index (χ1) is 9.04. The maximum absolute atomic E-state index is 12.5. The number of ether oxygens (including phenoxy) is 2. The molecule has 0 saturated carbocycles. The predicted octanol–water partition coefficient (Wildman–Crippen LogP) is 4.16. The molecule has 0 aromatic heterocycles. The molecule has 1 aromatic rings. The van der Waals surface area contributed by atoms with Crippen molar-refractivity contribution < 1.29 is 44.6 Å². The molecule has 0 N–H and O–H groups in total. The minimum atomic E-state index is -4.77. The lowest BCUT2D eigenvalue weighted by atomic mass is 10.3. The van der Waals surface area contributed by atoms with E-state index in [1.165, 1.54) is 0 Å². The number of hydrogen-bond donors (Lipinski definition) is 0. The summed E-state index contributed by atoms with van der Waals surface area (Å²) >= 11 is 0. The van der Waals surface area contributed by atoms with Gasteiger partial charge < -0.3 is 9.47 Å². The highest BCUT2D eigenvalue weighted by molar-refractivity contribution is 5.31. The quantitative estimate of drug-likeness (QED) is 0.735. The van der Waals surface area contributed by atoms with E-state index in [1.807, 2.05) is 0 Å². The summed E-state index contributed by atoms with van der Waals surface area (Å²) in [4.78, 5) is 0. The second-order valence-corrected chi connectivity index (χ2v) is 3.40. The molecule has 0 atom stereocenters. The van der Waals surface area contributed by atoms with Gasteiger partial charge in [0, 0.05) is 0 Å². The smallest absolute Gasteiger partial charge is 0.428 e. The highest BCUT2D eigenvalue weighted by atomic mass is 19.3. The molecule has 1 aromatic carbocycles. The summed E-state index contributed by atoms with van der Waals surface area (Å²) in [7, 11) is 0. The Bertz CT molecular complexity index is 390. The Hall–Kier alpha value is -1.74. The van der Waals surface area contributed by atoms with Crippen LogP contribution in [0, 0.1) is 0 Å². The van der Waals surface area contributed by atoms with E-state index in [4.69, 9.17) is 0 Å². The van der Waals surface area contributed by atoms with E-state index in [0.29, 0.717) is 24.3 Å². The molecule has 0 heterocycles. The van der Waals surface area contributed by atoms with E-state index < -0.39 is 36.6 Å². The van der Waals surface area contributed by atoms with Crippen LogP contribution in [0.1, 0.15) is 0 Å². The molecule has 0 radical (unpaired) electrons. The maximum Gasteiger partial charge on any atom is 0.461 e. The zero-order chi connectivity index (χ0) is 15.6. The molecule has 0 aliphatic rings. The highest BCUT2D eigenvalue weighted by Crippen LogP contribution is 2.31. The second-order valence-electron chi connectivity index (χ2n) is 3.40. The van der Waals surface area contributed by atoms with Crippen molar-refractivity contribution in [3.8, 4) is 11.5 Å². The predicted molar refractivity (Wildman–Crippen MR) is 49.6 cm³/mol. The van der Waals surface area contributed by atoms with Crippen LogP contribution in [-0.4, -0.2) is 25.1 Å². The van der Waals surface area contributed by atoms with Crippen molar-refractivity contribution in [2.45, 2.75) is 25.1 Å². The third kappa shape index (κ3) is 4.14. The number of hydrogen-bond acceptors (Lipinski definition) is 2. The standard InChI is InChI=1S/C10H6F8O2/c11-7(12)9(15,16)19-5-1-2-6(4-3-5)20-10(17,18)8(13)14/h1-4,7-8H. The van der Waals surface area contributed by atoms with E-state index in [9.17, 15) is 35.1 Å². The molecule has 0 aliphatic carbocycles. The van der Waals surface area contributed by atoms with E-state index in [1.54, 1.807) is 0 Å². The number of benzene rings is 1. The molecule has 114 valence electrons. The Balaban J connectivity index is 2.75. The van der Waals surface area contributed by atoms with Crippen LogP contribution in [0.5, 0.6) is 11.5 Å². The molecule has 0 bridgehead atoms. The third-order valence-corrected chi connectivity index (χ3v) is 1.84. The third-order valence-electron chi connectivity index (χ3n) is 1.84. The van der Waals surface area contributed by atoms with Crippen molar-refractivity contribution in [3.05, 3.63) is 24.3 Å². The fourth-order valence-corrected chi connectivity index (χ4v) is 0.979. The average Bonchev–Trinajstić information content (AvgIpc) is 2.30. The molecule has 0 spiro atoms. The van der Waals surface area contributed by atoms with Gasteiger partial charge in [-0.25, -0.2) is 0 Å². The summed E-state index contributed by atoms with van der Waals surface area (Å²) in [6.07, 6.45) is -17.7. The van der Waals surface area contributed by atoms with Crippen LogP contribution in [0.3, 0.4) is 0 Å². The monoisotopic (exact) mass is 310 g/mol. The lowest BCUT2D eigenvalue weighted by Gasteiger charge is -2.18. The zero-order valence-electron chi connectivity index (χ0n) is 9.30. The maximum atomic E-state index is 12.5. The Kier molecular flexibility index (Phi) is 4.66. The fraction of sp³-hybridized carbons (Fsp3) is 0.400. The Morgan fingerprint density at radius 3 is 1.10 bits per heavy atom. The van der Waals surface area contributed by atoms with Gasteiger partial charge in [-0.05, 0) is 24.3 Å². The van der Waals surface area contributed by atoms with Gasteiger partial charge in [-0.3, -0.25) is 0 Å². The zero-order valence-corrected chi connectivity index (χ0v) is 9.30. The summed E-state index contributed by atoms with van der Waals surface area (Å²) in [6.45, 7) is 0. The van der Waals surface area contributed by atoms with Gasteiger partial charge >= 0.3 is 25.1 Å². The van der Waals surface area contributed by atoms with E-state index >= 15 is 0 Å². The lowest BCUT2D eigenvalue weighted by Crippen LogP contribution is -2.34. The number of rotatable bonds is 6. The molecular weight excluding hydrogens is 304 g/mol. The first kappa shape index (κ1) is 16.3. The molecular formula is C10H6F8O2. The molecule has 10 heteroatoms. The van der Waals surface area contributed by atoms with Crippen molar-refractivity contribution >= 4 is 0 Å². The van der Waals surface area contributed by atoms with Gasteiger partial charge in [0.25, 0.3) is 0 Å². The van der Waals surface area contributed by atoms with Crippen LogP contribution in [0.2, 0.25) is 0 Å². The largest absolute Gasteiger partial charge is 0.461 e. The van der Waals surface area contributed by atoms with Crippen LogP contribution >= 0.6 is 0 Å². The van der Waals surface area contributed by atoms with Crippen LogP contribution in [0.15, 0.2) is 24.3 Å². The molecule has 0 aliphatic heterocycles. The van der Waals surface area contributed by atoms with Crippen LogP contribution in [-0.2, 0) is 0 Å². The van der Waals surface area contributed by atoms with Crippen molar-refractivity contribution in [1.29, 1.82) is 0 Å². The van der Waals surface area contributed by atoms with Gasteiger partial charge in [0.2, 0.25) is 0 Å². The topological polar surface area (TPSA) is 18.5 Å². The van der Waals surface area contributed by atoms with E-state index in [2.05, 4.69) is 9.47 Å².